The minimum absolute atomic E-state index is 0.0567. The molecule has 1 amide bonds. The molecule has 0 saturated carbocycles. The number of hydrogen-bond donors (Lipinski definition) is 1. The van der Waals surface area contributed by atoms with Crippen molar-refractivity contribution >= 4 is 15.9 Å². The Hall–Kier alpha value is -2.20. The van der Waals surface area contributed by atoms with Gasteiger partial charge >= 0.3 is 0 Å². The van der Waals surface area contributed by atoms with E-state index in [-0.39, 0.29) is 24.1 Å². The first-order valence-electron chi connectivity index (χ1n) is 7.53. The molecule has 0 bridgehead atoms. The van der Waals surface area contributed by atoms with Gasteiger partial charge in [0.2, 0.25) is 15.9 Å². The Balaban J connectivity index is 1.54. The lowest BCUT2D eigenvalue weighted by Crippen LogP contribution is -2.37. The highest BCUT2D eigenvalue weighted by Crippen LogP contribution is 2.26. The summed E-state index contributed by atoms with van der Waals surface area (Å²) in [5, 5.41) is 6.57. The van der Waals surface area contributed by atoms with Gasteiger partial charge in [0.15, 0.2) is 11.6 Å². The van der Waals surface area contributed by atoms with Crippen molar-refractivity contribution in [1.29, 1.82) is 0 Å². The topological polar surface area (TPSA) is 119 Å². The van der Waals surface area contributed by atoms with Crippen molar-refractivity contribution in [2.75, 3.05) is 19.3 Å². The van der Waals surface area contributed by atoms with Crippen molar-refractivity contribution in [3.05, 3.63) is 35.9 Å². The fourth-order valence-corrected chi connectivity index (χ4v) is 3.48. The first kappa shape index (κ1) is 16.7. The van der Waals surface area contributed by atoms with Gasteiger partial charge in [-0.1, -0.05) is 5.16 Å². The first-order chi connectivity index (χ1) is 11.4. The van der Waals surface area contributed by atoms with E-state index < -0.39 is 10.0 Å². The van der Waals surface area contributed by atoms with E-state index >= 15 is 0 Å². The molecule has 1 N–H and O–H groups in total. The monoisotopic (exact) mass is 354 g/mol. The molecule has 1 aliphatic rings. The number of hydrogen-bond acceptors (Lipinski definition) is 7. The Morgan fingerprint density at radius 3 is 2.79 bits per heavy atom. The van der Waals surface area contributed by atoms with E-state index in [2.05, 4.69) is 15.5 Å². The summed E-state index contributed by atoms with van der Waals surface area (Å²) in [4.78, 5) is 16.0. The van der Waals surface area contributed by atoms with Gasteiger partial charge in [-0.3, -0.25) is 4.79 Å². The van der Waals surface area contributed by atoms with Crippen LogP contribution in [0.15, 0.2) is 27.3 Å². The molecule has 0 atom stereocenters. The summed E-state index contributed by atoms with van der Waals surface area (Å²) in [5.41, 5.74) is 0. The van der Waals surface area contributed by atoms with Gasteiger partial charge in [-0.2, -0.15) is 4.98 Å². The summed E-state index contributed by atoms with van der Waals surface area (Å²) in [6, 6.07) is 3.19. The minimum Gasteiger partial charge on any atom is -0.459 e. The average Bonchev–Trinajstić information content (AvgIpc) is 3.23. The van der Waals surface area contributed by atoms with Crippen LogP contribution in [0.1, 0.15) is 41.0 Å². The molecule has 1 aliphatic heterocycles. The number of carbonyl (C=O) groups excluding carboxylic acids is 1. The Bertz CT molecular complexity index is 791. The second-order valence-electron chi connectivity index (χ2n) is 5.64. The number of nitrogens with zero attached hydrogens (tertiary/aromatic N) is 3. The lowest BCUT2D eigenvalue weighted by Gasteiger charge is -2.28. The van der Waals surface area contributed by atoms with Crippen LogP contribution in [-0.4, -0.2) is 48.1 Å². The normalized spacial score (nSPS) is 17.0. The van der Waals surface area contributed by atoms with Crippen molar-refractivity contribution in [2.24, 2.45) is 0 Å². The zero-order chi connectivity index (χ0) is 17.2. The minimum atomic E-state index is -3.15. The molecule has 0 spiro atoms. The van der Waals surface area contributed by atoms with Crippen molar-refractivity contribution < 1.29 is 22.2 Å². The molecular weight excluding hydrogens is 336 g/mol. The van der Waals surface area contributed by atoms with E-state index in [0.717, 1.165) is 0 Å². The van der Waals surface area contributed by atoms with Gasteiger partial charge in [-0.15, -0.1) is 0 Å². The number of carbonyl (C=O) groups is 1. The highest BCUT2D eigenvalue weighted by atomic mass is 32.2. The molecule has 0 radical (unpaired) electrons. The highest BCUT2D eigenvalue weighted by Gasteiger charge is 2.28. The fourth-order valence-electron chi connectivity index (χ4n) is 2.60. The zero-order valence-electron chi connectivity index (χ0n) is 13.1. The number of nitrogens with one attached hydrogen (secondary N) is 1. The number of furan rings is 1. The van der Waals surface area contributed by atoms with Gasteiger partial charge < -0.3 is 14.3 Å². The Kier molecular flexibility index (Phi) is 4.67. The van der Waals surface area contributed by atoms with Crippen LogP contribution in [-0.2, 0) is 16.6 Å². The zero-order valence-corrected chi connectivity index (χ0v) is 14.0. The highest BCUT2D eigenvalue weighted by molar-refractivity contribution is 7.88. The molecular formula is C14H18N4O5S. The number of aromatic nitrogens is 2. The van der Waals surface area contributed by atoms with Crippen LogP contribution in [0.3, 0.4) is 0 Å². The molecule has 0 aliphatic carbocycles. The van der Waals surface area contributed by atoms with Crippen LogP contribution in [0.2, 0.25) is 0 Å². The lowest BCUT2D eigenvalue weighted by molar-refractivity contribution is 0.0918. The molecule has 3 rings (SSSR count). The number of amides is 1. The van der Waals surface area contributed by atoms with Crippen molar-refractivity contribution in [1.82, 2.24) is 19.8 Å². The standard InChI is InChI=1S/C14H18N4O5S/c1-24(20,21)18-6-4-10(5-7-18)13-16-12(23-17-13)9-15-14(19)11-3-2-8-22-11/h2-3,8,10H,4-7,9H2,1H3,(H,15,19). The van der Waals surface area contributed by atoms with Gasteiger partial charge in [-0.25, -0.2) is 12.7 Å². The first-order valence-corrected chi connectivity index (χ1v) is 9.37. The maximum Gasteiger partial charge on any atom is 0.287 e. The van der Waals surface area contributed by atoms with E-state index in [1.165, 1.54) is 16.8 Å². The predicted octanol–water partition coefficient (Wildman–Crippen LogP) is 0.732. The number of piperidine rings is 1. The van der Waals surface area contributed by atoms with Crippen LogP contribution >= 0.6 is 0 Å². The van der Waals surface area contributed by atoms with Crippen molar-refractivity contribution in [3.8, 4) is 0 Å². The second-order valence-corrected chi connectivity index (χ2v) is 7.63. The molecule has 10 heteroatoms. The fraction of sp³-hybridized carbons (Fsp3) is 0.500. The molecule has 3 heterocycles. The smallest absolute Gasteiger partial charge is 0.287 e. The molecule has 0 aromatic carbocycles. The van der Waals surface area contributed by atoms with Crippen LogP contribution in [0.25, 0.3) is 0 Å². The molecule has 1 saturated heterocycles. The molecule has 130 valence electrons. The Labute approximate surface area is 139 Å². The van der Waals surface area contributed by atoms with Crippen molar-refractivity contribution in [3.63, 3.8) is 0 Å². The van der Waals surface area contributed by atoms with Gasteiger partial charge in [0.05, 0.1) is 19.1 Å². The summed E-state index contributed by atoms with van der Waals surface area (Å²) in [6.07, 6.45) is 3.92. The maximum absolute atomic E-state index is 11.8. The van der Waals surface area contributed by atoms with Crippen molar-refractivity contribution in [2.45, 2.75) is 25.3 Å². The van der Waals surface area contributed by atoms with Gasteiger partial charge in [0.1, 0.15) is 0 Å². The summed E-state index contributed by atoms with van der Waals surface area (Å²) >= 11 is 0. The third kappa shape index (κ3) is 3.82. The Morgan fingerprint density at radius 2 is 2.17 bits per heavy atom. The third-order valence-electron chi connectivity index (χ3n) is 3.92. The van der Waals surface area contributed by atoms with Gasteiger partial charge in [0.25, 0.3) is 5.91 Å². The molecule has 24 heavy (non-hydrogen) atoms. The summed E-state index contributed by atoms with van der Waals surface area (Å²) in [7, 11) is -3.15. The van der Waals surface area contributed by atoms with Gasteiger partial charge in [0, 0.05) is 19.0 Å². The molecule has 2 aromatic rings. The van der Waals surface area contributed by atoms with Crippen LogP contribution in [0.4, 0.5) is 0 Å². The van der Waals surface area contributed by atoms with E-state index in [4.69, 9.17) is 8.94 Å². The second kappa shape index (κ2) is 6.73. The average molecular weight is 354 g/mol. The molecule has 2 aromatic heterocycles. The van der Waals surface area contributed by atoms with Crippen LogP contribution in [0.5, 0.6) is 0 Å². The van der Waals surface area contributed by atoms with Crippen LogP contribution < -0.4 is 5.32 Å². The Morgan fingerprint density at radius 1 is 1.42 bits per heavy atom. The SMILES string of the molecule is CS(=O)(=O)N1CCC(c2noc(CNC(=O)c3ccco3)n2)CC1. The number of rotatable bonds is 5. The lowest BCUT2D eigenvalue weighted by atomic mass is 9.98. The summed E-state index contributed by atoms with van der Waals surface area (Å²) in [5.74, 6) is 0.756. The van der Waals surface area contributed by atoms with E-state index in [1.807, 2.05) is 0 Å². The molecule has 9 nitrogen and oxygen atoms in total. The molecule has 0 unspecified atom stereocenters. The largest absolute Gasteiger partial charge is 0.459 e. The number of sulfonamides is 1. The van der Waals surface area contributed by atoms with E-state index in [1.54, 1.807) is 12.1 Å². The summed E-state index contributed by atoms with van der Waals surface area (Å²) in [6.45, 7) is 1.000. The summed E-state index contributed by atoms with van der Waals surface area (Å²) < 4.78 is 34.6. The third-order valence-corrected chi connectivity index (χ3v) is 5.22. The van der Waals surface area contributed by atoms with Gasteiger partial charge in [-0.05, 0) is 25.0 Å². The van der Waals surface area contributed by atoms with E-state index in [0.29, 0.717) is 37.6 Å². The van der Waals surface area contributed by atoms with E-state index in [9.17, 15) is 13.2 Å². The molecule has 1 fully saturated rings. The van der Waals surface area contributed by atoms with Crippen LogP contribution in [0, 0.1) is 0 Å². The maximum atomic E-state index is 11.8. The quantitative estimate of drug-likeness (QED) is 0.841. The predicted molar refractivity (Wildman–Crippen MR) is 82.6 cm³/mol.